The molecule has 0 spiro atoms. The molecule has 9 rings (SSSR count). The number of nitrogens with zero attached hydrogens (tertiary/aromatic N) is 2. The van der Waals surface area contributed by atoms with Gasteiger partial charge in [0.2, 0.25) is 10.0 Å². The topological polar surface area (TPSA) is 82.1 Å². The Balaban J connectivity index is 1.11. The lowest BCUT2D eigenvalue weighted by Crippen LogP contribution is -2.26. The van der Waals surface area contributed by atoms with Crippen molar-refractivity contribution in [2.75, 3.05) is 31.4 Å². The zero-order valence-corrected chi connectivity index (χ0v) is 41.3. The highest BCUT2D eigenvalue weighted by Crippen LogP contribution is 2.51. The molecule has 2 unspecified atom stereocenters. The lowest BCUT2D eigenvalue weighted by atomic mass is 9.85. The smallest absolute Gasteiger partial charge is 0.243 e. The van der Waals surface area contributed by atoms with Crippen LogP contribution < -0.4 is 15.0 Å². The molecular weight excluding hydrogens is 875 g/mol. The molecule has 342 valence electrons. The lowest BCUT2D eigenvalue weighted by molar-refractivity contribution is 0.206. The van der Waals surface area contributed by atoms with Gasteiger partial charge in [-0.05, 0) is 69.3 Å². The third-order valence-corrected chi connectivity index (χ3v) is 15.3. The van der Waals surface area contributed by atoms with Gasteiger partial charge in [0.15, 0.2) is 0 Å². The van der Waals surface area contributed by atoms with Gasteiger partial charge in [-0.3, -0.25) is 0 Å². The zero-order valence-electron chi connectivity index (χ0n) is 39.5. The minimum Gasteiger partial charge on any atom is -0.485 e. The first kappa shape index (κ1) is 46.2. The Hall–Kier alpha value is -6.93. The van der Waals surface area contributed by atoms with Crippen LogP contribution in [-0.4, -0.2) is 47.0 Å². The monoisotopic (exact) mass is 931 g/mol. The molecule has 7 nitrogen and oxygen atoms in total. The van der Waals surface area contributed by atoms with Gasteiger partial charge in [-0.15, -0.1) is 5.54 Å². The lowest BCUT2D eigenvalue weighted by Gasteiger charge is -2.26. The average Bonchev–Trinajstić information content (AvgIpc) is 3.63. The van der Waals surface area contributed by atoms with E-state index in [1.54, 1.807) is 13.1 Å². The van der Waals surface area contributed by atoms with Gasteiger partial charge in [0, 0.05) is 85.1 Å². The Kier molecular flexibility index (Phi) is 13.1. The first-order chi connectivity index (χ1) is 32.8. The van der Waals surface area contributed by atoms with E-state index in [4.69, 9.17) is 4.74 Å². The van der Waals surface area contributed by atoms with Crippen LogP contribution in [-0.2, 0) is 29.5 Å². The van der Waals surface area contributed by atoms with Crippen LogP contribution in [0.5, 0.6) is 5.75 Å². The largest absolute Gasteiger partial charge is 0.485 e. The standard InChI is InChI=1S/C59H57N3O4SSi/c1-61(2)54-29-17-28-48-46(54)27-18-30-56(48)67(64,65)62(3)40-43-31-33-44(34-32-43)66-55(37-41-19-9-7-10-20-41)47-24-14-15-25-49(47)57-51(35-36-68(4,5)6)58-52(45-23-13-16-26-50(45)59(58)63)38-53(57)60-39-42-21-11-8-12-22-42/h7-34,38,55,59-60,63H,37,39-40H2,1-6H3. The Morgan fingerprint density at radius 3 is 2.01 bits per heavy atom. The molecule has 0 saturated heterocycles. The molecule has 0 fully saturated rings. The van der Waals surface area contributed by atoms with Gasteiger partial charge in [-0.2, -0.15) is 4.31 Å². The van der Waals surface area contributed by atoms with E-state index in [1.165, 1.54) is 4.31 Å². The second-order valence-electron chi connectivity index (χ2n) is 18.8. The maximum atomic E-state index is 14.2. The van der Waals surface area contributed by atoms with Gasteiger partial charge in [-0.1, -0.05) is 171 Å². The Morgan fingerprint density at radius 1 is 0.676 bits per heavy atom. The van der Waals surface area contributed by atoms with Gasteiger partial charge in [-0.25, -0.2) is 8.42 Å². The van der Waals surface area contributed by atoms with Gasteiger partial charge in [0.1, 0.15) is 26.0 Å². The minimum absolute atomic E-state index is 0.177. The number of aliphatic hydroxyl groups is 1. The number of nitrogens with one attached hydrogen (secondary N) is 1. The molecule has 9 heteroatoms. The fourth-order valence-corrected chi connectivity index (χ4v) is 11.1. The summed E-state index contributed by atoms with van der Waals surface area (Å²) in [5.41, 5.74) is 16.0. The van der Waals surface area contributed by atoms with Crippen molar-refractivity contribution in [2.45, 2.75) is 56.3 Å². The van der Waals surface area contributed by atoms with E-state index in [1.807, 2.05) is 116 Å². The number of hydrogen-bond acceptors (Lipinski definition) is 6. The van der Waals surface area contributed by atoms with Crippen LogP contribution in [0.15, 0.2) is 181 Å². The number of anilines is 2. The fourth-order valence-electron chi connectivity index (χ4n) is 9.21. The van der Waals surface area contributed by atoms with E-state index in [2.05, 4.69) is 109 Å². The molecule has 0 saturated carbocycles. The number of fused-ring (bicyclic) bond motifs is 4. The summed E-state index contributed by atoms with van der Waals surface area (Å²) in [6, 6.07) is 58.4. The van der Waals surface area contributed by atoms with E-state index in [0.717, 1.165) is 78.0 Å². The molecule has 0 bridgehead atoms. The molecule has 1 aliphatic rings. The molecular formula is C59H57N3O4SSi. The quantitative estimate of drug-likeness (QED) is 0.0835. The second-order valence-corrected chi connectivity index (χ2v) is 25.5. The van der Waals surface area contributed by atoms with Crippen LogP contribution in [0.4, 0.5) is 11.4 Å². The summed E-state index contributed by atoms with van der Waals surface area (Å²) in [7, 11) is -0.209. The van der Waals surface area contributed by atoms with E-state index < -0.39 is 30.3 Å². The van der Waals surface area contributed by atoms with Crippen molar-refractivity contribution in [1.82, 2.24) is 4.31 Å². The summed E-state index contributed by atoms with van der Waals surface area (Å²) in [5.74, 6) is 4.36. The first-order valence-electron chi connectivity index (χ1n) is 23.1. The predicted octanol–water partition coefficient (Wildman–Crippen LogP) is 12.7. The molecule has 68 heavy (non-hydrogen) atoms. The molecule has 1 aliphatic carbocycles. The molecule has 2 atom stereocenters. The van der Waals surface area contributed by atoms with E-state index in [0.29, 0.717) is 24.1 Å². The number of hydrogen-bond donors (Lipinski definition) is 2. The fraction of sp³-hybridized carbons (Fsp3) is 0.186. The highest BCUT2D eigenvalue weighted by Gasteiger charge is 2.34. The minimum atomic E-state index is -3.84. The van der Waals surface area contributed by atoms with Crippen molar-refractivity contribution in [3.63, 3.8) is 0 Å². The Bertz CT molecular complexity index is 3290. The van der Waals surface area contributed by atoms with Crippen molar-refractivity contribution in [3.8, 4) is 39.5 Å². The third kappa shape index (κ3) is 9.60. The van der Waals surface area contributed by atoms with E-state index in [-0.39, 0.29) is 11.4 Å². The molecule has 2 N–H and O–H groups in total. The SMILES string of the molecule is CN(C)c1cccc2c(S(=O)(=O)N(C)Cc3ccc(OC(Cc4ccccc4)c4ccccc4-c4c(NCc5ccccc5)cc5c(c4C#C[Si](C)(C)C)C(O)c4ccccc4-5)cc3)cccc12. The third-order valence-electron chi connectivity index (χ3n) is 12.6. The van der Waals surface area contributed by atoms with E-state index in [9.17, 15) is 13.5 Å². The molecule has 0 aromatic heterocycles. The van der Waals surface area contributed by atoms with Crippen molar-refractivity contribution >= 4 is 40.2 Å². The molecule has 8 aromatic carbocycles. The molecule has 0 amide bonds. The van der Waals surface area contributed by atoms with Gasteiger partial charge in [0.05, 0.1) is 4.90 Å². The predicted molar refractivity (Wildman–Crippen MR) is 282 cm³/mol. The summed E-state index contributed by atoms with van der Waals surface area (Å²) in [6.07, 6.45) is -0.716. The highest BCUT2D eigenvalue weighted by atomic mass is 32.2. The summed E-state index contributed by atoms with van der Waals surface area (Å²) in [4.78, 5) is 2.27. The van der Waals surface area contributed by atoms with Crippen LogP contribution in [0, 0.1) is 11.5 Å². The summed E-state index contributed by atoms with van der Waals surface area (Å²) < 4.78 is 36.9. The molecule has 0 radical (unpaired) electrons. The first-order valence-corrected chi connectivity index (χ1v) is 28.0. The van der Waals surface area contributed by atoms with Crippen molar-refractivity contribution in [1.29, 1.82) is 0 Å². The van der Waals surface area contributed by atoms with Gasteiger partial charge < -0.3 is 20.1 Å². The zero-order chi connectivity index (χ0) is 47.6. The van der Waals surface area contributed by atoms with Crippen molar-refractivity contribution in [2.24, 2.45) is 0 Å². The molecule has 8 aromatic rings. The van der Waals surface area contributed by atoms with Crippen molar-refractivity contribution < 1.29 is 18.3 Å². The molecule has 0 aliphatic heterocycles. The summed E-state index contributed by atoms with van der Waals surface area (Å²) >= 11 is 0. The number of sulfonamides is 1. The van der Waals surface area contributed by atoms with Crippen LogP contribution in [0.2, 0.25) is 19.6 Å². The van der Waals surface area contributed by atoms with Crippen LogP contribution in [0.25, 0.3) is 33.0 Å². The Labute approximate surface area is 402 Å². The number of benzene rings is 8. The summed E-state index contributed by atoms with van der Waals surface area (Å²) in [5, 5.41) is 17.6. The average molecular weight is 932 g/mol. The van der Waals surface area contributed by atoms with Gasteiger partial charge in [0.25, 0.3) is 0 Å². The number of rotatable bonds is 14. The maximum absolute atomic E-state index is 14.2. The molecule has 0 heterocycles. The van der Waals surface area contributed by atoms with Crippen LogP contribution >= 0.6 is 0 Å². The Morgan fingerprint density at radius 2 is 1.31 bits per heavy atom. The normalized spacial score (nSPS) is 13.6. The van der Waals surface area contributed by atoms with Crippen molar-refractivity contribution in [3.05, 3.63) is 215 Å². The second kappa shape index (κ2) is 19.4. The number of aliphatic hydroxyl groups excluding tert-OH is 1. The van der Waals surface area contributed by atoms with Crippen LogP contribution in [0.3, 0.4) is 0 Å². The van der Waals surface area contributed by atoms with Gasteiger partial charge >= 0.3 is 0 Å². The van der Waals surface area contributed by atoms with E-state index >= 15 is 0 Å². The summed E-state index contributed by atoms with van der Waals surface area (Å²) in [6.45, 7) is 7.50. The van der Waals surface area contributed by atoms with Crippen LogP contribution in [0.1, 0.15) is 51.2 Å². The highest BCUT2D eigenvalue weighted by molar-refractivity contribution is 7.89. The number of ether oxygens (including phenoxy) is 1. The maximum Gasteiger partial charge on any atom is 0.243 e.